The van der Waals surface area contributed by atoms with Crippen molar-refractivity contribution in [3.8, 4) is 0 Å². The van der Waals surface area contributed by atoms with E-state index in [1.54, 1.807) is 6.92 Å². The quantitative estimate of drug-likeness (QED) is 0.0260. The fraction of sp³-hybridized carbons (Fsp3) is 0.673. The number of rotatable bonds is 25. The molecule has 0 spiro atoms. The first-order chi connectivity index (χ1) is 38.7. The van der Waals surface area contributed by atoms with Gasteiger partial charge in [0, 0.05) is 65.5 Å². The Morgan fingerprint density at radius 2 is 1.64 bits per heavy atom. The van der Waals surface area contributed by atoms with Gasteiger partial charge in [0.25, 0.3) is 5.97 Å². The Kier molecular flexibility index (Phi) is 20.0. The first kappa shape index (κ1) is 60.7. The van der Waals surface area contributed by atoms with Gasteiger partial charge in [0.15, 0.2) is 4.65 Å². The number of ether oxygens (including phenoxy) is 3. The molecule has 1 aromatic rings. The molecule has 3 unspecified atom stereocenters. The van der Waals surface area contributed by atoms with Gasteiger partial charge in [0.05, 0.1) is 31.7 Å². The Hall–Kier alpha value is -6.35. The van der Waals surface area contributed by atoms with Crippen LogP contribution in [0.15, 0.2) is 18.2 Å². The molecule has 0 saturated carbocycles. The highest BCUT2D eigenvalue weighted by molar-refractivity contribution is 6.62. The number of alkyl halides is 1. The number of hydrogen-bond acceptors (Lipinski definition) is 19. The second-order valence-corrected chi connectivity index (χ2v) is 25.0. The molecule has 5 fully saturated rings. The molecular formula is C52H73AlFN11O16. The van der Waals surface area contributed by atoms with Gasteiger partial charge in [-0.05, 0) is 74.7 Å². The van der Waals surface area contributed by atoms with Gasteiger partial charge >= 0.3 is 32.4 Å². The highest BCUT2D eigenvalue weighted by Crippen LogP contribution is 2.43. The summed E-state index contributed by atoms with van der Waals surface area (Å²) in [5.74, 6) is -6.97. The molecule has 9 N–H and O–H groups in total. The van der Waals surface area contributed by atoms with Crippen LogP contribution in [0, 0.1) is 11.8 Å². The molecule has 8 rings (SSSR count). The Bertz CT molecular complexity index is 2610. The largest absolute Gasteiger partial charge is 0.661 e. The van der Waals surface area contributed by atoms with E-state index in [1.807, 2.05) is 30.0 Å². The number of fused-ring (bicyclic) bond motifs is 5. The minimum atomic E-state index is -3.10. The molecule has 10 atom stereocenters. The number of cyclic esters (lactones) is 1. The summed E-state index contributed by atoms with van der Waals surface area (Å²) in [6.07, 6.45) is 0.534. The van der Waals surface area contributed by atoms with Crippen LogP contribution in [0.4, 0.5) is 10.1 Å². The van der Waals surface area contributed by atoms with Crippen molar-refractivity contribution in [2.45, 2.75) is 130 Å². The molecule has 7 amide bonds. The van der Waals surface area contributed by atoms with E-state index < -0.39 is 132 Å². The first-order valence-corrected chi connectivity index (χ1v) is 29.4. The van der Waals surface area contributed by atoms with E-state index in [4.69, 9.17) is 18.0 Å². The van der Waals surface area contributed by atoms with Crippen LogP contribution in [0.2, 0.25) is 0 Å². The molecule has 0 radical (unpaired) electrons. The normalized spacial score (nSPS) is 27.2. The second-order valence-electron chi connectivity index (χ2n) is 22.0. The van der Waals surface area contributed by atoms with E-state index >= 15 is 4.39 Å². The SMILES string of the molecule is CC[C@H](C)[C@H](NC(=O)CCNC(=O)CCNC(=O)[C@@H](CCC(=O)O)NC(=O)CN1CCC(CNC[C]23CN(CC(=O)O2)[C]2(F)CNCC(=O)[O][Al]32)CC1)C(=O)N[C@H]1CCc2cccc3c2N(C1=O)[C@H](C(=O)N[C@H]1CC(=O)O[C@H]1OC)C3. The maximum atomic E-state index is 16.3. The number of carboxylic acids is 1. The van der Waals surface area contributed by atoms with Gasteiger partial charge in [-0.2, -0.15) is 0 Å². The molecule has 1 aromatic carbocycles. The number of aliphatic carboxylic acids is 1. The zero-order valence-corrected chi connectivity index (χ0v) is 46.9. The summed E-state index contributed by atoms with van der Waals surface area (Å²) in [7, 11) is 1.35. The molecule has 29 heteroatoms. The fourth-order valence-electron chi connectivity index (χ4n) is 11.9. The topological polar surface area (TPSA) is 351 Å². The molecule has 7 heterocycles. The summed E-state index contributed by atoms with van der Waals surface area (Å²) in [6.45, 7) is 4.58. The number of methoxy groups -OCH3 is 1. The van der Waals surface area contributed by atoms with Crippen LogP contribution < -0.4 is 47.4 Å². The third-order valence-electron chi connectivity index (χ3n) is 16.3. The van der Waals surface area contributed by atoms with E-state index in [9.17, 15) is 57.8 Å². The molecule has 81 heavy (non-hydrogen) atoms. The number of morpholine rings is 1. The van der Waals surface area contributed by atoms with E-state index in [0.717, 1.165) is 11.1 Å². The minimum Gasteiger partial charge on any atom is -0.611 e. The third-order valence-corrected chi connectivity index (χ3v) is 19.6. The molecule has 0 aliphatic carbocycles. The van der Waals surface area contributed by atoms with E-state index in [2.05, 4.69) is 42.5 Å². The van der Waals surface area contributed by atoms with Crippen molar-refractivity contribution < 1.29 is 80.2 Å². The highest BCUT2D eigenvalue weighted by atomic mass is 27.2. The molecule has 5 saturated heterocycles. The lowest BCUT2D eigenvalue weighted by atomic mass is 9.96. The molecule has 442 valence electrons. The maximum absolute atomic E-state index is 16.3. The lowest BCUT2D eigenvalue weighted by molar-refractivity contribution is -0.164. The van der Waals surface area contributed by atoms with Crippen molar-refractivity contribution in [3.63, 3.8) is 0 Å². The van der Waals surface area contributed by atoms with Crippen LogP contribution >= 0.6 is 0 Å². The number of likely N-dealkylation sites (tertiary alicyclic amines) is 1. The van der Waals surface area contributed by atoms with Crippen molar-refractivity contribution >= 4 is 85.4 Å². The third kappa shape index (κ3) is 14.5. The van der Waals surface area contributed by atoms with Gasteiger partial charge < -0.3 is 65.6 Å². The second kappa shape index (κ2) is 26.7. The van der Waals surface area contributed by atoms with Crippen LogP contribution in [0.1, 0.15) is 82.8 Å². The number of hydrogen-bond donors (Lipinski definition) is 9. The first-order valence-electron chi connectivity index (χ1n) is 27.8. The highest BCUT2D eigenvalue weighted by Gasteiger charge is 2.77. The molecule has 7 aliphatic rings. The molecule has 7 aliphatic heterocycles. The van der Waals surface area contributed by atoms with Crippen molar-refractivity contribution in [2.75, 3.05) is 84.0 Å². The zero-order valence-electron chi connectivity index (χ0n) is 45.8. The summed E-state index contributed by atoms with van der Waals surface area (Å²) < 4.78 is 34.8. The Labute approximate surface area is 471 Å². The number of anilines is 1. The monoisotopic (exact) mass is 1150 g/mol. The predicted octanol–water partition coefficient (Wildman–Crippen LogP) is -3.53. The fourth-order valence-corrected chi connectivity index (χ4v) is 15.2. The van der Waals surface area contributed by atoms with Gasteiger partial charge in [0.1, 0.15) is 34.7 Å². The van der Waals surface area contributed by atoms with Crippen molar-refractivity contribution in [1.82, 2.24) is 52.3 Å². The average Bonchev–Trinajstić information content (AvgIpc) is 3.65. The number of carbonyl (C=O) groups excluding carboxylic acids is 10. The number of nitrogens with one attached hydrogen (secondary N) is 8. The van der Waals surface area contributed by atoms with Gasteiger partial charge in [-0.3, -0.25) is 67.4 Å². The lowest BCUT2D eigenvalue weighted by Crippen LogP contribution is -2.62. The number of carboxylic acid groups (broad SMARTS) is 1. The van der Waals surface area contributed by atoms with Crippen LogP contribution in [0.5, 0.6) is 0 Å². The summed E-state index contributed by atoms with van der Waals surface area (Å²) in [4.78, 5) is 148. The van der Waals surface area contributed by atoms with Crippen molar-refractivity contribution in [2.24, 2.45) is 11.8 Å². The van der Waals surface area contributed by atoms with Gasteiger partial charge in [-0.15, -0.1) is 0 Å². The van der Waals surface area contributed by atoms with E-state index in [0.29, 0.717) is 51.0 Å². The van der Waals surface area contributed by atoms with Crippen LogP contribution in [0.25, 0.3) is 0 Å². The molecular weight excluding hydrogens is 1080 g/mol. The van der Waals surface area contributed by atoms with Crippen LogP contribution in [-0.2, 0) is 83.6 Å². The van der Waals surface area contributed by atoms with Crippen LogP contribution in [-0.4, -0.2) is 219 Å². The smallest absolute Gasteiger partial charge is 0.611 e. The number of nitrogens with zero attached hydrogens (tertiary/aromatic N) is 3. The number of para-hydroxylation sites is 1. The summed E-state index contributed by atoms with van der Waals surface area (Å²) in [6, 6.07) is 0.483. The summed E-state index contributed by atoms with van der Waals surface area (Å²) >= 11 is -3.10. The van der Waals surface area contributed by atoms with Gasteiger partial charge in [-0.25, -0.2) is 4.39 Å². The number of piperidine rings is 1. The van der Waals surface area contributed by atoms with E-state index in [-0.39, 0.29) is 103 Å². The number of aryl methyl sites for hydroxylation is 1. The summed E-state index contributed by atoms with van der Waals surface area (Å²) in [5.41, 5.74) is 2.22. The number of esters is 2. The lowest BCUT2D eigenvalue weighted by Gasteiger charge is -2.36. The van der Waals surface area contributed by atoms with Gasteiger partial charge in [0.2, 0.25) is 47.6 Å². The minimum absolute atomic E-state index is 0.0630. The number of benzene rings is 1. The molecule has 27 nitrogen and oxygen atoms in total. The Balaban J connectivity index is 0.743. The van der Waals surface area contributed by atoms with Crippen molar-refractivity contribution in [3.05, 3.63) is 29.3 Å². The number of amides is 7. The Morgan fingerprint density at radius 1 is 0.901 bits per heavy atom. The zero-order chi connectivity index (χ0) is 58.2. The van der Waals surface area contributed by atoms with Gasteiger partial charge in [-0.1, -0.05) is 38.5 Å². The number of carbonyl (C=O) groups is 11. The standard InChI is InChI=1S/C52H74FN11O16.Al/c1-4-29(2)46(50(76)59-35-9-8-31-6-5-7-32-20-37(64(47(31)32)51(35)77)49(75)60-36-21-44(72)80-52(36)78-3)61-40(66)13-16-56-39(65)12-17-57-48(74)34(10-11-42(68)69)58-41(67)27-62-18-14-30(15-19-62)22-54-23-33-26-63(28-45(73)79-33)38(53)24-55-25-43(70)71;/h5-7,29-30,34-37,46,52,54-55H,4,8-28H2,1-3H3,(H,56,65)(H,57,74)(H,58,67)(H,59,76)(H,60,75)(H,61,66)(H,68,69)(H,70,71);/q;+1/p-1/t29-,34+,35-,36-,37-,46-,52+;/m0./s1. The number of halogens is 1. The van der Waals surface area contributed by atoms with Crippen molar-refractivity contribution in [1.29, 1.82) is 0 Å². The Morgan fingerprint density at radius 3 is 2.38 bits per heavy atom. The molecule has 0 aromatic heterocycles. The summed E-state index contributed by atoms with van der Waals surface area (Å²) in [5, 5.41) is 31.7. The van der Waals surface area contributed by atoms with E-state index in [1.165, 1.54) is 16.9 Å². The van der Waals surface area contributed by atoms with Crippen LogP contribution in [0.3, 0.4) is 0 Å². The maximum Gasteiger partial charge on any atom is 0.661 e. The predicted molar refractivity (Wildman–Crippen MR) is 282 cm³/mol. The average molecular weight is 1150 g/mol. The molecule has 2 bridgehead atoms.